The van der Waals surface area contributed by atoms with Gasteiger partial charge in [-0.3, -0.25) is 0 Å². The average Bonchev–Trinajstić information content (AvgIpc) is 2.24. The predicted octanol–water partition coefficient (Wildman–Crippen LogP) is 3.33. The van der Waals surface area contributed by atoms with E-state index in [0.717, 1.165) is 11.0 Å². The van der Waals surface area contributed by atoms with Gasteiger partial charge in [0.1, 0.15) is 0 Å². The summed E-state index contributed by atoms with van der Waals surface area (Å²) in [7, 11) is -3.38. The van der Waals surface area contributed by atoms with Gasteiger partial charge in [-0.15, -0.1) is 0 Å². The smallest absolute Gasteiger partial charge is 0.200 e. The molecule has 1 aromatic rings. The minimum Gasteiger partial charge on any atom is -0.219 e. The van der Waals surface area contributed by atoms with Crippen molar-refractivity contribution in [1.29, 1.82) is 0 Å². The third kappa shape index (κ3) is 4.77. The van der Waals surface area contributed by atoms with E-state index in [2.05, 4.69) is 11.8 Å². The van der Waals surface area contributed by atoms with Gasteiger partial charge in [0.05, 0.1) is 4.90 Å². The number of hydrogen-bond acceptors (Lipinski definition) is 2. The van der Waals surface area contributed by atoms with Crippen molar-refractivity contribution >= 4 is 9.84 Å². The van der Waals surface area contributed by atoms with Crippen LogP contribution in [0.3, 0.4) is 0 Å². The van der Waals surface area contributed by atoms with Crippen LogP contribution in [0.25, 0.3) is 0 Å². The van der Waals surface area contributed by atoms with E-state index in [0.29, 0.717) is 4.90 Å². The van der Waals surface area contributed by atoms with Crippen LogP contribution >= 0.6 is 0 Å². The van der Waals surface area contributed by atoms with Crippen LogP contribution in [-0.2, 0) is 9.84 Å². The summed E-state index contributed by atoms with van der Waals surface area (Å²) in [6.45, 7) is 7.84. The van der Waals surface area contributed by atoms with Crippen molar-refractivity contribution in [2.75, 3.05) is 0 Å². The second kappa shape index (κ2) is 5.41. The van der Waals surface area contributed by atoms with Crippen LogP contribution in [0.5, 0.6) is 0 Å². The lowest BCUT2D eigenvalue weighted by Gasteiger charge is -2.05. The molecule has 2 nitrogen and oxygen atoms in total. The van der Waals surface area contributed by atoms with Gasteiger partial charge in [-0.25, -0.2) is 8.42 Å². The summed E-state index contributed by atoms with van der Waals surface area (Å²) >= 11 is 0. The molecule has 18 heavy (non-hydrogen) atoms. The van der Waals surface area contributed by atoms with Crippen molar-refractivity contribution < 1.29 is 8.42 Å². The lowest BCUT2D eigenvalue weighted by molar-refractivity contribution is 0.571. The highest BCUT2D eigenvalue weighted by Crippen LogP contribution is 2.13. The van der Waals surface area contributed by atoms with Crippen molar-refractivity contribution in [2.45, 2.75) is 32.6 Å². The van der Waals surface area contributed by atoms with Crippen molar-refractivity contribution in [3.63, 3.8) is 0 Å². The van der Waals surface area contributed by atoms with E-state index in [1.807, 2.05) is 27.7 Å². The first-order valence-corrected chi connectivity index (χ1v) is 7.26. The first-order valence-electron chi connectivity index (χ1n) is 5.72. The summed E-state index contributed by atoms with van der Waals surface area (Å²) in [5.41, 5.74) is 0.906. The largest absolute Gasteiger partial charge is 0.219 e. The summed E-state index contributed by atoms with van der Waals surface area (Å²) in [6.07, 6.45) is 1.39. The molecule has 0 unspecified atom stereocenters. The number of aryl methyl sites for hydroxylation is 1. The van der Waals surface area contributed by atoms with E-state index < -0.39 is 9.84 Å². The molecule has 0 saturated carbocycles. The highest BCUT2D eigenvalue weighted by molar-refractivity contribution is 7.94. The Morgan fingerprint density at radius 2 is 1.67 bits per heavy atom. The van der Waals surface area contributed by atoms with Crippen LogP contribution in [0.4, 0.5) is 0 Å². The molecule has 0 aliphatic heterocycles. The zero-order valence-corrected chi connectivity index (χ0v) is 12.0. The summed E-state index contributed by atoms with van der Waals surface area (Å²) in [5.74, 6) is 5.71. The molecule has 0 aliphatic carbocycles. The van der Waals surface area contributed by atoms with Gasteiger partial charge < -0.3 is 0 Å². The Bertz CT molecular complexity index is 589. The van der Waals surface area contributed by atoms with E-state index >= 15 is 0 Å². The summed E-state index contributed by atoms with van der Waals surface area (Å²) < 4.78 is 23.8. The van der Waals surface area contributed by atoms with E-state index in [-0.39, 0.29) is 5.41 Å². The summed E-state index contributed by atoms with van der Waals surface area (Å²) in [5, 5.41) is 1.15. The number of allylic oxidation sites excluding steroid dienone is 1. The van der Waals surface area contributed by atoms with Crippen molar-refractivity contribution in [3.05, 3.63) is 41.3 Å². The molecule has 0 bridgehead atoms. The highest BCUT2D eigenvalue weighted by Gasteiger charge is 2.08. The van der Waals surface area contributed by atoms with Crippen LogP contribution in [0.15, 0.2) is 40.6 Å². The molecule has 0 atom stereocenters. The molecule has 0 fully saturated rings. The standard InChI is InChI=1S/C15H18O2S/c1-13-7-9-14(10-8-13)18(16,17)12-6-5-11-15(2,3)4/h6-10,12H,1-4H3/b12-6+. The maximum absolute atomic E-state index is 11.9. The second-order valence-electron chi connectivity index (χ2n) is 5.18. The average molecular weight is 262 g/mol. The fraction of sp³-hybridized carbons (Fsp3) is 0.333. The fourth-order valence-corrected chi connectivity index (χ4v) is 2.11. The second-order valence-corrected chi connectivity index (χ2v) is 7.01. The van der Waals surface area contributed by atoms with Gasteiger partial charge in [0.25, 0.3) is 0 Å². The molecule has 3 heteroatoms. The Hall–Kier alpha value is -1.53. The van der Waals surface area contributed by atoms with Crippen LogP contribution in [0, 0.1) is 24.2 Å². The molecule has 1 aromatic carbocycles. The molecule has 0 radical (unpaired) electrons. The third-order valence-electron chi connectivity index (χ3n) is 2.13. The molecule has 0 heterocycles. The maximum Gasteiger partial charge on any atom is 0.200 e. The molecule has 1 rings (SSSR count). The Morgan fingerprint density at radius 1 is 1.11 bits per heavy atom. The number of hydrogen-bond donors (Lipinski definition) is 0. The van der Waals surface area contributed by atoms with Gasteiger partial charge in [-0.1, -0.05) is 29.5 Å². The van der Waals surface area contributed by atoms with E-state index in [4.69, 9.17) is 0 Å². The first kappa shape index (κ1) is 14.5. The van der Waals surface area contributed by atoms with E-state index in [1.54, 1.807) is 24.3 Å². The number of benzene rings is 1. The fourth-order valence-electron chi connectivity index (χ4n) is 1.19. The minimum atomic E-state index is -3.38. The molecule has 0 spiro atoms. The lowest BCUT2D eigenvalue weighted by Crippen LogP contribution is -1.99. The SMILES string of the molecule is Cc1ccc(S(=O)(=O)/C=C/C#CC(C)(C)C)cc1. The maximum atomic E-state index is 11.9. The van der Waals surface area contributed by atoms with Crippen LogP contribution < -0.4 is 0 Å². The normalized spacial score (nSPS) is 12.2. The van der Waals surface area contributed by atoms with E-state index in [1.165, 1.54) is 6.08 Å². The lowest BCUT2D eigenvalue weighted by atomic mass is 9.98. The van der Waals surface area contributed by atoms with Crippen LogP contribution in [0.2, 0.25) is 0 Å². The summed E-state index contributed by atoms with van der Waals surface area (Å²) in [6, 6.07) is 6.77. The predicted molar refractivity (Wildman–Crippen MR) is 74.7 cm³/mol. The zero-order valence-electron chi connectivity index (χ0n) is 11.2. The van der Waals surface area contributed by atoms with Gasteiger partial charge in [0, 0.05) is 10.8 Å². The Balaban J connectivity index is 2.92. The van der Waals surface area contributed by atoms with Crippen LogP contribution in [-0.4, -0.2) is 8.42 Å². The molecular formula is C15H18O2S. The molecule has 0 aromatic heterocycles. The quantitative estimate of drug-likeness (QED) is 0.766. The van der Waals surface area contributed by atoms with Gasteiger partial charge in [-0.05, 0) is 45.9 Å². The third-order valence-corrected chi connectivity index (χ3v) is 3.55. The molecule has 96 valence electrons. The van der Waals surface area contributed by atoms with E-state index in [9.17, 15) is 8.42 Å². The molecule has 0 saturated heterocycles. The minimum absolute atomic E-state index is 0.127. The Kier molecular flexibility index (Phi) is 4.37. The van der Waals surface area contributed by atoms with Gasteiger partial charge >= 0.3 is 0 Å². The number of rotatable bonds is 2. The first-order chi connectivity index (χ1) is 8.21. The van der Waals surface area contributed by atoms with Gasteiger partial charge in [-0.2, -0.15) is 0 Å². The van der Waals surface area contributed by atoms with Crippen molar-refractivity contribution in [2.24, 2.45) is 5.41 Å². The zero-order chi connectivity index (χ0) is 13.8. The number of sulfone groups is 1. The molecule has 0 amide bonds. The van der Waals surface area contributed by atoms with Crippen molar-refractivity contribution in [3.8, 4) is 11.8 Å². The van der Waals surface area contributed by atoms with Crippen LogP contribution in [0.1, 0.15) is 26.3 Å². The van der Waals surface area contributed by atoms with Crippen molar-refractivity contribution in [1.82, 2.24) is 0 Å². The monoisotopic (exact) mass is 262 g/mol. The Morgan fingerprint density at radius 3 is 2.17 bits per heavy atom. The van der Waals surface area contributed by atoms with Gasteiger partial charge in [0.2, 0.25) is 0 Å². The molecule has 0 aliphatic rings. The highest BCUT2D eigenvalue weighted by atomic mass is 32.2. The Labute approximate surface area is 110 Å². The molecular weight excluding hydrogens is 244 g/mol. The molecule has 0 N–H and O–H groups in total. The topological polar surface area (TPSA) is 34.1 Å². The van der Waals surface area contributed by atoms with Gasteiger partial charge in [0.15, 0.2) is 9.84 Å². The summed E-state index contributed by atoms with van der Waals surface area (Å²) in [4.78, 5) is 0.293.